The molecule has 5 rings (SSSR count). The third kappa shape index (κ3) is 2.90. The van der Waals surface area contributed by atoms with E-state index < -0.39 is 12.1 Å². The minimum absolute atomic E-state index is 0.00869. The van der Waals surface area contributed by atoms with E-state index in [0.29, 0.717) is 23.0 Å². The summed E-state index contributed by atoms with van der Waals surface area (Å²) in [4.78, 5) is 31.0. The van der Waals surface area contributed by atoms with Crippen molar-refractivity contribution in [3.8, 4) is 0 Å². The van der Waals surface area contributed by atoms with E-state index in [9.17, 15) is 14.0 Å². The molecule has 1 aromatic heterocycles. The van der Waals surface area contributed by atoms with Crippen LogP contribution in [-0.4, -0.2) is 34.3 Å². The summed E-state index contributed by atoms with van der Waals surface area (Å²) in [7, 11) is 0. The average Bonchev–Trinajstić information content (AvgIpc) is 3.12. The van der Waals surface area contributed by atoms with Gasteiger partial charge in [-0.1, -0.05) is 44.2 Å². The van der Waals surface area contributed by atoms with E-state index in [1.165, 1.54) is 12.1 Å². The van der Waals surface area contributed by atoms with Gasteiger partial charge in [0.15, 0.2) is 5.78 Å². The molecular formula is C24H23FN2O3. The molecule has 154 valence electrons. The van der Waals surface area contributed by atoms with Gasteiger partial charge in [0, 0.05) is 29.2 Å². The number of H-pyrrole nitrogens is 1. The lowest BCUT2D eigenvalue weighted by Gasteiger charge is -2.29. The van der Waals surface area contributed by atoms with Gasteiger partial charge in [-0.25, -0.2) is 9.18 Å². The highest BCUT2D eigenvalue weighted by Crippen LogP contribution is 2.65. The predicted molar refractivity (Wildman–Crippen MR) is 110 cm³/mol. The third-order valence-corrected chi connectivity index (χ3v) is 6.83. The summed E-state index contributed by atoms with van der Waals surface area (Å²) in [5, 5.41) is 0.668. The molecule has 1 aliphatic carbocycles. The number of likely N-dealkylation sites (tertiary alicyclic amines) is 1. The lowest BCUT2D eigenvalue weighted by molar-refractivity contribution is 0.0646. The lowest BCUT2D eigenvalue weighted by Crippen LogP contribution is -2.45. The number of benzene rings is 2. The van der Waals surface area contributed by atoms with Crippen molar-refractivity contribution in [2.75, 3.05) is 6.54 Å². The number of Topliss-reactive ketones (excluding diaryl/α,β-unsaturated/α-hetero) is 1. The quantitative estimate of drug-likeness (QED) is 0.634. The van der Waals surface area contributed by atoms with E-state index in [1.807, 2.05) is 30.3 Å². The fourth-order valence-corrected chi connectivity index (χ4v) is 5.04. The molecule has 2 heterocycles. The molecule has 0 radical (unpaired) electrons. The summed E-state index contributed by atoms with van der Waals surface area (Å²) in [5.74, 6) is -0.112. The van der Waals surface area contributed by atoms with Gasteiger partial charge < -0.3 is 9.72 Å². The summed E-state index contributed by atoms with van der Waals surface area (Å²) >= 11 is 0. The van der Waals surface area contributed by atoms with Crippen LogP contribution in [0, 0.1) is 23.1 Å². The summed E-state index contributed by atoms with van der Waals surface area (Å²) in [6.45, 7) is 4.96. The molecule has 1 amide bonds. The Labute approximate surface area is 173 Å². The van der Waals surface area contributed by atoms with Crippen molar-refractivity contribution in [3.05, 3.63) is 71.7 Å². The van der Waals surface area contributed by atoms with Crippen LogP contribution < -0.4 is 0 Å². The first-order valence-electron chi connectivity index (χ1n) is 10.2. The van der Waals surface area contributed by atoms with Crippen LogP contribution in [-0.2, 0) is 11.3 Å². The fourth-order valence-electron chi connectivity index (χ4n) is 5.04. The van der Waals surface area contributed by atoms with Crippen molar-refractivity contribution in [1.82, 2.24) is 9.88 Å². The number of fused-ring (bicyclic) bond motifs is 2. The molecule has 5 nitrogen and oxygen atoms in total. The number of hydrogen-bond acceptors (Lipinski definition) is 3. The van der Waals surface area contributed by atoms with Gasteiger partial charge in [0.1, 0.15) is 18.5 Å². The molecule has 0 spiro atoms. The van der Waals surface area contributed by atoms with E-state index in [2.05, 4.69) is 18.8 Å². The second-order valence-electron chi connectivity index (χ2n) is 8.85. The van der Waals surface area contributed by atoms with Crippen molar-refractivity contribution in [2.24, 2.45) is 17.3 Å². The first-order valence-corrected chi connectivity index (χ1v) is 10.2. The minimum Gasteiger partial charge on any atom is -0.445 e. The Balaban J connectivity index is 1.41. The zero-order chi connectivity index (χ0) is 21.0. The Morgan fingerprint density at radius 2 is 1.97 bits per heavy atom. The van der Waals surface area contributed by atoms with Gasteiger partial charge in [-0.05, 0) is 41.0 Å². The molecule has 3 atom stereocenters. The molecule has 2 fully saturated rings. The van der Waals surface area contributed by atoms with E-state index in [1.54, 1.807) is 17.2 Å². The minimum atomic E-state index is -0.572. The van der Waals surface area contributed by atoms with Crippen LogP contribution >= 0.6 is 0 Å². The Morgan fingerprint density at radius 3 is 2.73 bits per heavy atom. The highest BCUT2D eigenvalue weighted by Gasteiger charge is 2.69. The maximum absolute atomic E-state index is 13.6. The van der Waals surface area contributed by atoms with Gasteiger partial charge in [0.25, 0.3) is 0 Å². The lowest BCUT2D eigenvalue weighted by atomic mass is 9.94. The summed E-state index contributed by atoms with van der Waals surface area (Å²) in [5.41, 5.74) is 1.96. The smallest absolute Gasteiger partial charge is 0.410 e. The molecule has 1 saturated carbocycles. The van der Waals surface area contributed by atoms with Crippen molar-refractivity contribution < 1.29 is 18.7 Å². The molecule has 1 aliphatic heterocycles. The van der Waals surface area contributed by atoms with Crippen LogP contribution in [0.3, 0.4) is 0 Å². The topological polar surface area (TPSA) is 62.4 Å². The first-order chi connectivity index (χ1) is 14.4. The van der Waals surface area contributed by atoms with Crippen LogP contribution in [0.15, 0.2) is 54.7 Å². The second kappa shape index (κ2) is 6.69. The molecule has 3 aromatic rings. The van der Waals surface area contributed by atoms with E-state index in [0.717, 1.165) is 5.56 Å². The van der Waals surface area contributed by atoms with Gasteiger partial charge in [-0.2, -0.15) is 0 Å². The van der Waals surface area contributed by atoms with E-state index >= 15 is 0 Å². The Hall–Kier alpha value is -3.15. The molecule has 30 heavy (non-hydrogen) atoms. The van der Waals surface area contributed by atoms with Gasteiger partial charge >= 0.3 is 6.09 Å². The summed E-state index contributed by atoms with van der Waals surface area (Å²) < 4.78 is 19.1. The molecule has 6 heteroatoms. The predicted octanol–water partition coefficient (Wildman–Crippen LogP) is 4.78. The largest absolute Gasteiger partial charge is 0.445 e. The second-order valence-corrected chi connectivity index (χ2v) is 8.85. The Kier molecular flexibility index (Phi) is 4.20. The highest BCUT2D eigenvalue weighted by molar-refractivity contribution is 6.11. The number of halogens is 1. The standard InChI is InChI=1S/C24H23FN2O3/c1-24(2)18-12-27(23(29)30-13-14-6-4-3-5-7-14)21(20(18)24)22(28)17-11-26-19-10-15(25)8-9-16(17)19/h3-11,18,20-21,26H,12-13H2,1-2H3/t18-,20-,21-/m0/s1. The van der Waals surface area contributed by atoms with E-state index in [-0.39, 0.29) is 35.5 Å². The van der Waals surface area contributed by atoms with Crippen LogP contribution in [0.4, 0.5) is 9.18 Å². The normalized spacial score (nSPS) is 24.0. The maximum Gasteiger partial charge on any atom is 0.410 e. The summed E-state index contributed by atoms with van der Waals surface area (Å²) in [6.07, 6.45) is 1.15. The van der Waals surface area contributed by atoms with E-state index in [4.69, 9.17) is 4.74 Å². The molecule has 0 bridgehead atoms. The molecular weight excluding hydrogens is 383 g/mol. The highest BCUT2D eigenvalue weighted by atomic mass is 19.1. The van der Waals surface area contributed by atoms with Gasteiger partial charge in [-0.15, -0.1) is 0 Å². The average molecular weight is 406 g/mol. The number of carbonyl (C=O) groups excluding carboxylic acids is 2. The molecule has 1 saturated heterocycles. The fraction of sp³-hybridized carbons (Fsp3) is 0.333. The Bertz CT molecular complexity index is 1140. The third-order valence-electron chi connectivity index (χ3n) is 6.83. The number of aromatic nitrogens is 1. The number of ketones is 1. The van der Waals surface area contributed by atoms with Crippen molar-refractivity contribution in [3.63, 3.8) is 0 Å². The number of nitrogens with zero attached hydrogens (tertiary/aromatic N) is 1. The number of rotatable bonds is 4. The van der Waals surface area contributed by atoms with Gasteiger partial charge in [0.05, 0.1) is 0 Å². The number of carbonyl (C=O) groups is 2. The monoisotopic (exact) mass is 406 g/mol. The maximum atomic E-state index is 13.6. The summed E-state index contributed by atoms with van der Waals surface area (Å²) in [6, 6.07) is 13.2. The number of ether oxygens (including phenoxy) is 1. The number of piperidine rings is 1. The van der Waals surface area contributed by atoms with Crippen molar-refractivity contribution >= 4 is 22.8 Å². The molecule has 0 unspecified atom stereocenters. The van der Waals surface area contributed by atoms with Crippen LogP contribution in [0.5, 0.6) is 0 Å². The number of hydrogen-bond donors (Lipinski definition) is 1. The molecule has 2 aliphatic rings. The van der Waals surface area contributed by atoms with Crippen LogP contribution in [0.2, 0.25) is 0 Å². The zero-order valence-electron chi connectivity index (χ0n) is 16.9. The van der Waals surface area contributed by atoms with Crippen molar-refractivity contribution in [2.45, 2.75) is 26.5 Å². The van der Waals surface area contributed by atoms with Crippen LogP contribution in [0.25, 0.3) is 10.9 Å². The van der Waals surface area contributed by atoms with Crippen molar-refractivity contribution in [1.29, 1.82) is 0 Å². The number of nitrogens with one attached hydrogen (secondary N) is 1. The zero-order valence-corrected chi connectivity index (χ0v) is 16.9. The SMILES string of the molecule is CC1(C)[C@@H]2[C@@H](C(=O)c3c[nH]c4cc(F)ccc34)N(C(=O)OCc3ccccc3)C[C@@H]21. The first kappa shape index (κ1) is 18.9. The number of amides is 1. The van der Waals surface area contributed by atoms with Gasteiger partial charge in [0.2, 0.25) is 0 Å². The van der Waals surface area contributed by atoms with Gasteiger partial charge in [-0.3, -0.25) is 9.69 Å². The molecule has 1 N–H and O–H groups in total. The number of aromatic amines is 1. The Morgan fingerprint density at radius 1 is 1.20 bits per heavy atom. The van der Waals surface area contributed by atoms with Crippen LogP contribution in [0.1, 0.15) is 29.8 Å². The molecule has 2 aromatic carbocycles.